The molecule has 3 amide bonds. The third-order valence-corrected chi connectivity index (χ3v) is 3.04. The molecule has 1 aromatic heterocycles. The van der Waals surface area contributed by atoms with Gasteiger partial charge in [-0.3, -0.25) is 4.79 Å². The van der Waals surface area contributed by atoms with E-state index in [0.717, 1.165) is 5.56 Å². The highest BCUT2D eigenvalue weighted by Crippen LogP contribution is 2.24. The number of aromatic nitrogens is 2. The highest BCUT2D eigenvalue weighted by molar-refractivity contribution is 6.32. The largest absolute Gasteiger partial charge is 0.369 e. The van der Waals surface area contributed by atoms with E-state index in [4.69, 9.17) is 23.1 Å². The summed E-state index contributed by atoms with van der Waals surface area (Å²) in [5.74, 6) is -0.567. The van der Waals surface area contributed by atoms with E-state index in [-0.39, 0.29) is 6.42 Å². The smallest absolute Gasteiger partial charge is 0.316 e. The van der Waals surface area contributed by atoms with Crippen molar-refractivity contribution in [1.82, 2.24) is 9.78 Å². The molecule has 2 aromatic rings. The molecule has 0 aliphatic carbocycles. The molecule has 0 fully saturated rings. The zero-order chi connectivity index (χ0) is 17.6. The number of halogens is 1. The molecule has 0 unspecified atom stereocenters. The second-order valence-corrected chi connectivity index (χ2v) is 4.93. The minimum absolute atomic E-state index is 0.119. The van der Waals surface area contributed by atoms with Crippen LogP contribution < -0.4 is 16.8 Å². The number of carbonyl (C=O) groups excluding carboxylic acids is 2. The van der Waals surface area contributed by atoms with Crippen LogP contribution in [0.1, 0.15) is 25.1 Å². The van der Waals surface area contributed by atoms with Gasteiger partial charge in [0.1, 0.15) is 0 Å². The summed E-state index contributed by atoms with van der Waals surface area (Å²) in [7, 11) is 0. The molecule has 0 saturated carbocycles. The summed E-state index contributed by atoms with van der Waals surface area (Å²) in [4.78, 5) is 22.1. The zero-order valence-corrected chi connectivity index (χ0v) is 14.0. The number of aryl methyl sites for hydroxylation is 1. The van der Waals surface area contributed by atoms with Crippen molar-refractivity contribution in [3.63, 3.8) is 0 Å². The topological polar surface area (TPSA) is 116 Å². The average molecular weight is 338 g/mol. The molecule has 0 spiro atoms. The Labute approximate surface area is 139 Å². The fourth-order valence-electron chi connectivity index (χ4n) is 1.86. The van der Waals surface area contributed by atoms with Crippen LogP contribution in [0.5, 0.6) is 0 Å². The van der Waals surface area contributed by atoms with Crippen molar-refractivity contribution in [3.05, 3.63) is 40.7 Å². The summed E-state index contributed by atoms with van der Waals surface area (Å²) in [6, 6.07) is 4.69. The molecule has 0 radical (unpaired) electrons. The molecule has 0 atom stereocenters. The van der Waals surface area contributed by atoms with Crippen LogP contribution >= 0.6 is 11.6 Å². The fourth-order valence-corrected chi connectivity index (χ4v) is 2.19. The Hall–Kier alpha value is -2.54. The number of benzene rings is 1. The van der Waals surface area contributed by atoms with Gasteiger partial charge in [-0.05, 0) is 24.6 Å². The Morgan fingerprint density at radius 3 is 2.48 bits per heavy atom. The van der Waals surface area contributed by atoms with E-state index in [0.29, 0.717) is 22.1 Å². The number of urea groups is 1. The lowest BCUT2D eigenvalue weighted by atomic mass is 10.2. The molecule has 0 bridgehead atoms. The minimum Gasteiger partial charge on any atom is -0.369 e. The second-order valence-electron chi connectivity index (χ2n) is 4.52. The number of nitrogens with zero attached hydrogens (tertiary/aromatic N) is 2. The van der Waals surface area contributed by atoms with Gasteiger partial charge in [0.05, 0.1) is 34.7 Å². The lowest BCUT2D eigenvalue weighted by molar-refractivity contribution is -0.117. The van der Waals surface area contributed by atoms with Crippen LogP contribution in [-0.4, -0.2) is 21.7 Å². The van der Waals surface area contributed by atoms with E-state index in [1.807, 2.05) is 26.8 Å². The van der Waals surface area contributed by atoms with Gasteiger partial charge in [-0.2, -0.15) is 5.10 Å². The maximum absolute atomic E-state index is 11.1. The molecule has 0 saturated heterocycles. The molecule has 1 heterocycles. The van der Waals surface area contributed by atoms with Crippen LogP contribution in [0, 0.1) is 6.92 Å². The predicted octanol–water partition coefficient (Wildman–Crippen LogP) is 2.38. The van der Waals surface area contributed by atoms with E-state index >= 15 is 0 Å². The summed E-state index contributed by atoms with van der Waals surface area (Å²) in [5.41, 5.74) is 12.5. The highest BCUT2D eigenvalue weighted by atomic mass is 35.5. The van der Waals surface area contributed by atoms with Gasteiger partial charge < -0.3 is 16.8 Å². The van der Waals surface area contributed by atoms with Gasteiger partial charge in [0.2, 0.25) is 5.91 Å². The molecular weight excluding hydrogens is 318 g/mol. The molecular formula is C15H20ClN5O2. The van der Waals surface area contributed by atoms with Crippen LogP contribution in [0.15, 0.2) is 24.4 Å². The third kappa shape index (κ3) is 5.00. The zero-order valence-electron chi connectivity index (χ0n) is 13.3. The number of hydrogen-bond acceptors (Lipinski definition) is 3. The van der Waals surface area contributed by atoms with Crippen LogP contribution in [0.3, 0.4) is 0 Å². The number of carbonyl (C=O) groups is 2. The predicted molar refractivity (Wildman–Crippen MR) is 90.8 cm³/mol. The first kappa shape index (κ1) is 18.5. The first-order valence-electron chi connectivity index (χ1n) is 7.06. The Balaban J connectivity index is 0.00000127. The van der Waals surface area contributed by atoms with Gasteiger partial charge in [-0.25, -0.2) is 9.48 Å². The second kappa shape index (κ2) is 8.19. The van der Waals surface area contributed by atoms with Gasteiger partial charge in [-0.15, -0.1) is 0 Å². The van der Waals surface area contributed by atoms with E-state index in [9.17, 15) is 9.59 Å². The Kier molecular flexibility index (Phi) is 6.59. The lowest BCUT2D eigenvalue weighted by Crippen LogP contribution is -2.21. The number of nitrogens with two attached hydrogens (primary N) is 2. The fraction of sp³-hybridized carbons (Fsp3) is 0.267. The van der Waals surface area contributed by atoms with Gasteiger partial charge in [-0.1, -0.05) is 31.5 Å². The average Bonchev–Trinajstić information content (AvgIpc) is 2.82. The van der Waals surface area contributed by atoms with Gasteiger partial charge in [0, 0.05) is 0 Å². The van der Waals surface area contributed by atoms with Gasteiger partial charge in [0.25, 0.3) is 0 Å². The number of hydrogen-bond donors (Lipinski definition) is 3. The van der Waals surface area contributed by atoms with Crippen molar-refractivity contribution < 1.29 is 9.59 Å². The normalized spacial score (nSPS) is 9.74. The monoisotopic (exact) mass is 337 g/mol. The Morgan fingerprint density at radius 1 is 1.30 bits per heavy atom. The van der Waals surface area contributed by atoms with Crippen LogP contribution in [0.4, 0.5) is 10.5 Å². The summed E-state index contributed by atoms with van der Waals surface area (Å²) in [6.07, 6.45) is 1.41. The van der Waals surface area contributed by atoms with Crippen LogP contribution in [0.2, 0.25) is 5.02 Å². The molecule has 2 rings (SSSR count). The van der Waals surface area contributed by atoms with Crippen molar-refractivity contribution in [3.8, 4) is 5.69 Å². The number of rotatable bonds is 4. The lowest BCUT2D eigenvalue weighted by Gasteiger charge is -2.04. The van der Waals surface area contributed by atoms with Crippen LogP contribution in [-0.2, 0) is 11.2 Å². The molecule has 5 N–H and O–H groups in total. The molecule has 124 valence electrons. The number of nitrogens with one attached hydrogen (secondary N) is 1. The van der Waals surface area contributed by atoms with E-state index in [1.54, 1.807) is 12.1 Å². The Morgan fingerprint density at radius 2 is 1.96 bits per heavy atom. The summed E-state index contributed by atoms with van der Waals surface area (Å²) in [5, 5.41) is 7.12. The van der Waals surface area contributed by atoms with Crippen LogP contribution in [0.25, 0.3) is 5.69 Å². The Bertz CT molecular complexity index is 678. The SMILES string of the molecule is CC.Cc1ccc(-n2cc(NC(N)=O)c(CC(N)=O)n2)c(Cl)c1. The molecule has 0 aliphatic heterocycles. The molecule has 1 aromatic carbocycles. The molecule has 7 nitrogen and oxygen atoms in total. The van der Waals surface area contributed by atoms with Crippen molar-refractivity contribution in [2.45, 2.75) is 27.2 Å². The van der Waals surface area contributed by atoms with E-state index < -0.39 is 11.9 Å². The summed E-state index contributed by atoms with van der Waals surface area (Å²) in [6.45, 7) is 5.91. The van der Waals surface area contributed by atoms with Gasteiger partial charge >= 0.3 is 6.03 Å². The van der Waals surface area contributed by atoms with Crippen molar-refractivity contribution in [1.29, 1.82) is 0 Å². The standard InChI is InChI=1S/C13H14ClN5O2.C2H6/c1-7-2-3-11(8(14)4-7)19-6-10(17-13(16)21)9(18-19)5-12(15)20;1-2/h2-4,6H,5H2,1H3,(H2,15,20)(H3,16,17,21);1-2H3. The first-order chi connectivity index (χ1) is 10.9. The highest BCUT2D eigenvalue weighted by Gasteiger charge is 2.15. The maximum atomic E-state index is 11.1. The number of amides is 3. The molecule has 8 heteroatoms. The summed E-state index contributed by atoms with van der Waals surface area (Å²) >= 11 is 6.17. The van der Waals surface area contributed by atoms with Crippen molar-refractivity contribution >= 4 is 29.2 Å². The van der Waals surface area contributed by atoms with E-state index in [1.165, 1.54) is 10.9 Å². The molecule has 23 heavy (non-hydrogen) atoms. The van der Waals surface area contributed by atoms with Crippen molar-refractivity contribution in [2.75, 3.05) is 5.32 Å². The summed E-state index contributed by atoms with van der Waals surface area (Å²) < 4.78 is 1.46. The van der Waals surface area contributed by atoms with E-state index in [2.05, 4.69) is 10.4 Å². The quantitative estimate of drug-likeness (QED) is 0.795. The number of anilines is 1. The minimum atomic E-state index is -0.754. The number of primary amides is 2. The van der Waals surface area contributed by atoms with Crippen molar-refractivity contribution in [2.24, 2.45) is 11.5 Å². The third-order valence-electron chi connectivity index (χ3n) is 2.74. The first-order valence-corrected chi connectivity index (χ1v) is 7.44. The maximum Gasteiger partial charge on any atom is 0.316 e. The molecule has 0 aliphatic rings. The van der Waals surface area contributed by atoms with Gasteiger partial charge in [0.15, 0.2) is 0 Å².